The molecule has 0 aliphatic carbocycles. The van der Waals surface area contributed by atoms with Crippen molar-refractivity contribution < 1.29 is 0 Å². The van der Waals surface area contributed by atoms with Crippen molar-refractivity contribution in [2.24, 2.45) is 0 Å². The van der Waals surface area contributed by atoms with Gasteiger partial charge in [0.15, 0.2) is 0 Å². The predicted octanol–water partition coefficient (Wildman–Crippen LogP) is 4.26. The zero-order chi connectivity index (χ0) is 12.7. The maximum Gasteiger partial charge on any atom is 0.100 e. The third-order valence-corrected chi connectivity index (χ3v) is 3.99. The molecule has 92 valence electrons. The molecular weight excluding hydrogens is 296 g/mol. The van der Waals surface area contributed by atoms with Gasteiger partial charge < -0.3 is 5.32 Å². The number of anilines is 1. The summed E-state index contributed by atoms with van der Waals surface area (Å²) in [7, 11) is 0. The van der Waals surface area contributed by atoms with E-state index in [0.717, 1.165) is 16.6 Å². The lowest BCUT2D eigenvalue weighted by Gasteiger charge is -2.15. The van der Waals surface area contributed by atoms with E-state index in [1.54, 1.807) is 0 Å². The predicted molar refractivity (Wildman–Crippen MR) is 79.6 cm³/mol. The highest BCUT2D eigenvalue weighted by Crippen LogP contribution is 2.21. The highest BCUT2D eigenvalue weighted by atomic mass is 79.9. The molecule has 1 atom stereocenters. The van der Waals surface area contributed by atoms with Gasteiger partial charge in [0.25, 0.3) is 0 Å². The van der Waals surface area contributed by atoms with Gasteiger partial charge in [-0.1, -0.05) is 6.92 Å². The molecule has 0 saturated carbocycles. The molecule has 17 heavy (non-hydrogen) atoms. The van der Waals surface area contributed by atoms with Crippen LogP contribution in [0.5, 0.6) is 0 Å². The number of thioether (sulfide) groups is 1. The third-order valence-electron chi connectivity index (χ3n) is 2.40. The van der Waals surface area contributed by atoms with Crippen molar-refractivity contribution in [2.75, 3.05) is 16.8 Å². The molecule has 1 aromatic rings. The molecule has 1 aromatic carbocycles. The van der Waals surface area contributed by atoms with Crippen molar-refractivity contribution >= 4 is 33.4 Å². The lowest BCUT2D eigenvalue weighted by atomic mass is 10.2. The molecule has 0 heterocycles. The lowest BCUT2D eigenvalue weighted by Crippen LogP contribution is -2.15. The van der Waals surface area contributed by atoms with Crippen molar-refractivity contribution in [3.63, 3.8) is 0 Å². The Morgan fingerprint density at radius 3 is 2.88 bits per heavy atom. The summed E-state index contributed by atoms with van der Waals surface area (Å²) in [5.74, 6) is 2.36. The van der Waals surface area contributed by atoms with Crippen LogP contribution in [0.15, 0.2) is 22.7 Å². The number of nitriles is 1. The second-order valence-corrected chi connectivity index (χ2v) is 6.09. The van der Waals surface area contributed by atoms with E-state index in [-0.39, 0.29) is 0 Å². The summed E-state index contributed by atoms with van der Waals surface area (Å²) in [6, 6.07) is 8.34. The molecule has 0 aromatic heterocycles. The lowest BCUT2D eigenvalue weighted by molar-refractivity contribution is 0.771. The van der Waals surface area contributed by atoms with Crippen LogP contribution in [-0.2, 0) is 0 Å². The minimum atomic E-state index is 0.453. The van der Waals surface area contributed by atoms with Crippen LogP contribution in [0.2, 0.25) is 0 Å². The highest BCUT2D eigenvalue weighted by molar-refractivity contribution is 9.10. The molecule has 0 saturated heterocycles. The molecular formula is C13H17BrN2S. The van der Waals surface area contributed by atoms with Crippen LogP contribution in [0.1, 0.15) is 25.8 Å². The summed E-state index contributed by atoms with van der Waals surface area (Å²) >= 11 is 5.36. The SMILES string of the molecule is CCSCCC(C)Nc1ccc(C#N)c(Br)c1. The van der Waals surface area contributed by atoms with Gasteiger partial charge >= 0.3 is 0 Å². The Kier molecular flexibility index (Phi) is 6.46. The Labute approximate surface area is 116 Å². The zero-order valence-electron chi connectivity index (χ0n) is 10.2. The van der Waals surface area contributed by atoms with Crippen LogP contribution >= 0.6 is 27.7 Å². The maximum absolute atomic E-state index is 8.83. The first kappa shape index (κ1) is 14.4. The summed E-state index contributed by atoms with van der Waals surface area (Å²) in [6.07, 6.45) is 1.15. The first-order valence-electron chi connectivity index (χ1n) is 5.71. The van der Waals surface area contributed by atoms with Crippen LogP contribution in [0.25, 0.3) is 0 Å². The average Bonchev–Trinajstić information content (AvgIpc) is 2.29. The number of rotatable bonds is 6. The monoisotopic (exact) mass is 312 g/mol. The van der Waals surface area contributed by atoms with E-state index >= 15 is 0 Å². The molecule has 0 radical (unpaired) electrons. The van der Waals surface area contributed by atoms with Gasteiger partial charge in [-0.2, -0.15) is 17.0 Å². The number of hydrogen-bond acceptors (Lipinski definition) is 3. The smallest absolute Gasteiger partial charge is 0.100 e. The van der Waals surface area contributed by atoms with Gasteiger partial charge in [-0.05, 0) is 59.0 Å². The zero-order valence-corrected chi connectivity index (χ0v) is 12.6. The molecule has 0 bridgehead atoms. The molecule has 1 rings (SSSR count). The topological polar surface area (TPSA) is 35.8 Å². The first-order chi connectivity index (χ1) is 8.17. The molecule has 1 unspecified atom stereocenters. The number of hydrogen-bond donors (Lipinski definition) is 1. The van der Waals surface area contributed by atoms with Crippen LogP contribution in [-0.4, -0.2) is 17.5 Å². The Balaban J connectivity index is 2.51. The number of halogens is 1. The fourth-order valence-corrected chi connectivity index (χ4v) is 2.73. The quantitative estimate of drug-likeness (QED) is 0.797. The first-order valence-corrected chi connectivity index (χ1v) is 7.66. The van der Waals surface area contributed by atoms with Crippen molar-refractivity contribution in [1.29, 1.82) is 5.26 Å². The van der Waals surface area contributed by atoms with E-state index in [4.69, 9.17) is 5.26 Å². The molecule has 0 amide bonds. The van der Waals surface area contributed by atoms with E-state index in [1.807, 2.05) is 30.0 Å². The summed E-state index contributed by atoms with van der Waals surface area (Å²) in [5.41, 5.74) is 1.73. The van der Waals surface area contributed by atoms with Crippen LogP contribution in [0.4, 0.5) is 5.69 Å². The van der Waals surface area contributed by atoms with Gasteiger partial charge in [0.1, 0.15) is 6.07 Å². The van der Waals surface area contributed by atoms with E-state index in [9.17, 15) is 0 Å². The Morgan fingerprint density at radius 1 is 1.53 bits per heavy atom. The van der Waals surface area contributed by atoms with Gasteiger partial charge in [0.2, 0.25) is 0 Å². The molecule has 0 spiro atoms. The normalized spacial score (nSPS) is 11.9. The van der Waals surface area contributed by atoms with Crippen molar-refractivity contribution in [3.05, 3.63) is 28.2 Å². The fraction of sp³-hybridized carbons (Fsp3) is 0.462. The minimum absolute atomic E-state index is 0.453. The van der Waals surface area contributed by atoms with Crippen molar-refractivity contribution in [1.82, 2.24) is 0 Å². The summed E-state index contributed by atoms with van der Waals surface area (Å²) < 4.78 is 0.847. The molecule has 1 N–H and O–H groups in total. The van der Waals surface area contributed by atoms with Crippen molar-refractivity contribution in [2.45, 2.75) is 26.3 Å². The summed E-state index contributed by atoms with van der Waals surface area (Å²) in [4.78, 5) is 0. The second-order valence-electron chi connectivity index (χ2n) is 3.84. The molecule has 2 nitrogen and oxygen atoms in total. The molecule has 0 aliphatic rings. The minimum Gasteiger partial charge on any atom is -0.383 e. The highest BCUT2D eigenvalue weighted by Gasteiger charge is 2.04. The van der Waals surface area contributed by atoms with E-state index in [0.29, 0.717) is 11.6 Å². The third kappa shape index (κ3) is 5.01. The Bertz CT molecular complexity index is 401. The second kappa shape index (κ2) is 7.62. The Hall–Kier alpha value is -0.660. The Morgan fingerprint density at radius 2 is 2.29 bits per heavy atom. The summed E-state index contributed by atoms with van der Waals surface area (Å²) in [5, 5.41) is 12.3. The van der Waals surface area contributed by atoms with Gasteiger partial charge in [0.05, 0.1) is 5.56 Å². The molecule has 0 fully saturated rings. The fourth-order valence-electron chi connectivity index (χ4n) is 1.46. The van der Waals surface area contributed by atoms with Gasteiger partial charge in [0, 0.05) is 16.2 Å². The summed E-state index contributed by atoms with van der Waals surface area (Å²) in [6.45, 7) is 4.36. The van der Waals surface area contributed by atoms with E-state index < -0.39 is 0 Å². The van der Waals surface area contributed by atoms with Crippen LogP contribution < -0.4 is 5.32 Å². The molecule has 4 heteroatoms. The van der Waals surface area contributed by atoms with E-state index in [1.165, 1.54) is 11.5 Å². The van der Waals surface area contributed by atoms with Gasteiger partial charge in [-0.15, -0.1) is 0 Å². The average molecular weight is 313 g/mol. The van der Waals surface area contributed by atoms with Crippen LogP contribution in [0, 0.1) is 11.3 Å². The maximum atomic E-state index is 8.83. The van der Waals surface area contributed by atoms with Crippen LogP contribution in [0.3, 0.4) is 0 Å². The van der Waals surface area contributed by atoms with Gasteiger partial charge in [-0.3, -0.25) is 0 Å². The molecule has 0 aliphatic heterocycles. The standard InChI is InChI=1S/C13H17BrN2S/c1-3-17-7-6-10(2)16-12-5-4-11(9-15)13(14)8-12/h4-5,8,10,16H,3,6-7H2,1-2H3. The number of nitrogens with one attached hydrogen (secondary N) is 1. The van der Waals surface area contributed by atoms with Crippen molar-refractivity contribution in [3.8, 4) is 6.07 Å². The number of nitrogens with zero attached hydrogens (tertiary/aromatic N) is 1. The number of benzene rings is 1. The largest absolute Gasteiger partial charge is 0.383 e. The van der Waals surface area contributed by atoms with E-state index in [2.05, 4.69) is 41.2 Å². The van der Waals surface area contributed by atoms with Gasteiger partial charge in [-0.25, -0.2) is 0 Å².